The zero-order chi connectivity index (χ0) is 21.5. The van der Waals surface area contributed by atoms with Gasteiger partial charge in [-0.1, -0.05) is 60.7 Å². The van der Waals surface area contributed by atoms with Crippen LogP contribution in [0.2, 0.25) is 0 Å². The highest BCUT2D eigenvalue weighted by Gasteiger charge is 2.56. The third-order valence-corrected chi connectivity index (χ3v) is 6.38. The van der Waals surface area contributed by atoms with Gasteiger partial charge in [-0.25, -0.2) is 9.99 Å². The molecular formula is C25H26N4O2. The van der Waals surface area contributed by atoms with Gasteiger partial charge in [0.2, 0.25) is 11.7 Å². The summed E-state index contributed by atoms with van der Waals surface area (Å²) < 4.78 is 1.92. The predicted octanol–water partition coefficient (Wildman–Crippen LogP) is 4.21. The summed E-state index contributed by atoms with van der Waals surface area (Å²) in [6, 6.07) is 19.5. The van der Waals surface area contributed by atoms with Crippen molar-refractivity contribution in [2.45, 2.75) is 38.4 Å². The van der Waals surface area contributed by atoms with Crippen LogP contribution in [0, 0.1) is 5.92 Å². The summed E-state index contributed by atoms with van der Waals surface area (Å²) in [6.45, 7) is 4.70. The molecule has 2 aliphatic heterocycles. The molecule has 5 rings (SSSR count). The molecule has 3 heterocycles. The van der Waals surface area contributed by atoms with E-state index in [4.69, 9.17) is 0 Å². The van der Waals surface area contributed by atoms with Crippen LogP contribution in [0.5, 0.6) is 0 Å². The lowest BCUT2D eigenvalue weighted by Crippen LogP contribution is -2.35. The van der Waals surface area contributed by atoms with E-state index >= 15 is 0 Å². The van der Waals surface area contributed by atoms with E-state index < -0.39 is 5.92 Å². The van der Waals surface area contributed by atoms with E-state index in [0.717, 1.165) is 11.1 Å². The number of imidazole rings is 1. The average molecular weight is 415 g/mol. The number of carbonyl (C=O) groups excluding carboxylic acids is 2. The van der Waals surface area contributed by atoms with Gasteiger partial charge in [-0.2, -0.15) is 0 Å². The number of nitrogens with zero attached hydrogens (tertiary/aromatic N) is 4. The van der Waals surface area contributed by atoms with E-state index in [0.29, 0.717) is 18.8 Å². The molecule has 0 aliphatic carbocycles. The minimum Gasteiger partial charge on any atom is -0.326 e. The quantitative estimate of drug-likeness (QED) is 0.587. The highest BCUT2D eigenvalue weighted by Crippen LogP contribution is 2.52. The highest BCUT2D eigenvalue weighted by atomic mass is 16.2. The van der Waals surface area contributed by atoms with Crippen LogP contribution in [-0.2, 0) is 4.79 Å². The number of Topliss-reactive ketones (excluding diaryl/α,β-unsaturated/α-hetero) is 1. The standard InChI is InChI=1S/C25H26N4O2/c1-17(2)27-16-14-26-25(27)24(31)21-22(18-9-5-3-6-10-18)28-15-13-20(30)29(28)23(21)19-11-7-4-8-12-19/h3-12,14,16-17,21-23H,13,15H2,1-2H3/t21-,22+,23+/m1/s1. The maximum atomic E-state index is 14.1. The molecule has 1 aromatic heterocycles. The van der Waals surface area contributed by atoms with Gasteiger partial charge >= 0.3 is 0 Å². The van der Waals surface area contributed by atoms with Crippen LogP contribution >= 0.6 is 0 Å². The smallest absolute Gasteiger partial charge is 0.238 e. The maximum Gasteiger partial charge on any atom is 0.238 e. The second-order valence-electron chi connectivity index (χ2n) is 8.50. The fraction of sp³-hybridized carbons (Fsp3) is 0.320. The number of benzene rings is 2. The third kappa shape index (κ3) is 3.18. The largest absolute Gasteiger partial charge is 0.326 e. The van der Waals surface area contributed by atoms with Crippen LogP contribution in [0.3, 0.4) is 0 Å². The molecule has 6 heteroatoms. The van der Waals surface area contributed by atoms with E-state index in [2.05, 4.69) is 9.99 Å². The molecule has 0 saturated carbocycles. The first kappa shape index (κ1) is 19.7. The van der Waals surface area contributed by atoms with Gasteiger partial charge in [0.25, 0.3) is 0 Å². The normalized spacial score (nSPS) is 23.5. The molecule has 0 spiro atoms. The molecule has 1 amide bonds. The molecule has 2 aliphatic rings. The lowest BCUT2D eigenvalue weighted by molar-refractivity contribution is -0.138. The maximum absolute atomic E-state index is 14.1. The number of fused-ring (bicyclic) bond motifs is 1. The number of aromatic nitrogens is 2. The monoisotopic (exact) mass is 414 g/mol. The summed E-state index contributed by atoms with van der Waals surface area (Å²) in [6.07, 6.45) is 4.01. The van der Waals surface area contributed by atoms with Gasteiger partial charge in [0, 0.05) is 31.4 Å². The van der Waals surface area contributed by atoms with Crippen LogP contribution in [0.4, 0.5) is 0 Å². The first-order valence-corrected chi connectivity index (χ1v) is 10.8. The minimum absolute atomic E-state index is 0.0244. The molecule has 3 atom stereocenters. The van der Waals surface area contributed by atoms with Gasteiger partial charge in [-0.3, -0.25) is 14.6 Å². The van der Waals surface area contributed by atoms with Crippen molar-refractivity contribution in [2.24, 2.45) is 5.92 Å². The van der Waals surface area contributed by atoms with Crippen LogP contribution in [0.15, 0.2) is 73.1 Å². The Morgan fingerprint density at radius 1 is 0.968 bits per heavy atom. The Bertz CT molecular complexity index is 1090. The topological polar surface area (TPSA) is 58.4 Å². The number of carbonyl (C=O) groups is 2. The summed E-state index contributed by atoms with van der Waals surface area (Å²) in [5.41, 5.74) is 2.02. The Morgan fingerprint density at radius 3 is 2.19 bits per heavy atom. The highest BCUT2D eigenvalue weighted by molar-refractivity contribution is 5.97. The van der Waals surface area contributed by atoms with Crippen LogP contribution in [0.1, 0.15) is 60.1 Å². The Hall–Kier alpha value is -3.25. The number of hydrogen-bond acceptors (Lipinski definition) is 4. The lowest BCUT2D eigenvalue weighted by Gasteiger charge is -2.27. The number of ketones is 1. The molecular weight excluding hydrogens is 388 g/mol. The van der Waals surface area contributed by atoms with Gasteiger partial charge in [0.15, 0.2) is 5.82 Å². The molecule has 2 fully saturated rings. The van der Waals surface area contributed by atoms with Crippen molar-refractivity contribution in [1.29, 1.82) is 0 Å². The van der Waals surface area contributed by atoms with E-state index in [1.165, 1.54) is 0 Å². The molecule has 0 N–H and O–H groups in total. The van der Waals surface area contributed by atoms with Crippen molar-refractivity contribution in [3.63, 3.8) is 0 Å². The average Bonchev–Trinajstić information content (AvgIpc) is 3.50. The van der Waals surface area contributed by atoms with Gasteiger partial charge < -0.3 is 4.57 Å². The van der Waals surface area contributed by atoms with Gasteiger partial charge in [-0.15, -0.1) is 0 Å². The number of hydrazine groups is 1. The van der Waals surface area contributed by atoms with E-state index in [1.807, 2.05) is 90.3 Å². The summed E-state index contributed by atoms with van der Waals surface area (Å²) >= 11 is 0. The summed E-state index contributed by atoms with van der Waals surface area (Å²) in [5.74, 6) is 0.0477. The van der Waals surface area contributed by atoms with Crippen molar-refractivity contribution in [3.8, 4) is 0 Å². The summed E-state index contributed by atoms with van der Waals surface area (Å²) in [7, 11) is 0. The van der Waals surface area contributed by atoms with E-state index in [-0.39, 0.29) is 29.8 Å². The zero-order valence-electron chi connectivity index (χ0n) is 17.8. The Balaban J connectivity index is 1.69. The van der Waals surface area contributed by atoms with Crippen LogP contribution in [0.25, 0.3) is 0 Å². The fourth-order valence-corrected chi connectivity index (χ4v) is 5.06. The third-order valence-electron chi connectivity index (χ3n) is 6.38. The molecule has 2 aromatic carbocycles. The predicted molar refractivity (Wildman–Crippen MR) is 117 cm³/mol. The summed E-state index contributed by atoms with van der Waals surface area (Å²) in [4.78, 5) is 31.5. The molecule has 0 bridgehead atoms. The molecule has 0 radical (unpaired) electrons. The second-order valence-corrected chi connectivity index (χ2v) is 8.50. The molecule has 0 unspecified atom stereocenters. The first-order valence-electron chi connectivity index (χ1n) is 10.8. The lowest BCUT2D eigenvalue weighted by atomic mass is 9.81. The molecule has 2 saturated heterocycles. The molecule has 3 aromatic rings. The number of rotatable bonds is 5. The Kier molecular flexibility index (Phi) is 4.94. The van der Waals surface area contributed by atoms with Crippen molar-refractivity contribution in [3.05, 3.63) is 90.0 Å². The fourth-order valence-electron chi connectivity index (χ4n) is 5.06. The molecule has 6 nitrogen and oxygen atoms in total. The Morgan fingerprint density at radius 2 is 1.58 bits per heavy atom. The molecule has 158 valence electrons. The SMILES string of the molecule is CC(C)n1ccnc1C(=O)[C@@H]1[C@H](c2ccccc2)N2CCC(=O)N2[C@H]1c1ccccc1. The zero-order valence-corrected chi connectivity index (χ0v) is 17.8. The first-order chi connectivity index (χ1) is 15.1. The van der Waals surface area contributed by atoms with Crippen molar-refractivity contribution >= 4 is 11.7 Å². The number of hydrogen-bond donors (Lipinski definition) is 0. The molecule has 31 heavy (non-hydrogen) atoms. The van der Waals surface area contributed by atoms with Gasteiger partial charge in [0.1, 0.15) is 0 Å². The van der Waals surface area contributed by atoms with Crippen LogP contribution < -0.4 is 0 Å². The van der Waals surface area contributed by atoms with E-state index in [9.17, 15) is 9.59 Å². The van der Waals surface area contributed by atoms with E-state index in [1.54, 1.807) is 6.20 Å². The van der Waals surface area contributed by atoms with Crippen LogP contribution in [-0.4, -0.2) is 37.8 Å². The Labute approximate surface area is 182 Å². The summed E-state index contributed by atoms with van der Waals surface area (Å²) in [5, 5.41) is 3.93. The van der Waals surface area contributed by atoms with Crippen molar-refractivity contribution in [2.75, 3.05) is 6.54 Å². The number of amides is 1. The minimum atomic E-state index is -0.450. The van der Waals surface area contributed by atoms with Gasteiger partial charge in [0.05, 0.1) is 18.0 Å². The van der Waals surface area contributed by atoms with Crippen molar-refractivity contribution in [1.82, 2.24) is 19.6 Å². The second kappa shape index (κ2) is 7.78. The van der Waals surface area contributed by atoms with Gasteiger partial charge in [-0.05, 0) is 25.0 Å². The van der Waals surface area contributed by atoms with Crippen molar-refractivity contribution < 1.29 is 9.59 Å².